The number of hydrogen-bond donors (Lipinski definition) is 1. The van der Waals surface area contributed by atoms with Crippen LogP contribution < -0.4 is 14.8 Å². The maximum absolute atomic E-state index is 13.6. The molecule has 172 valence electrons. The number of rotatable bonds is 6. The van der Waals surface area contributed by atoms with Crippen LogP contribution in [0.2, 0.25) is 0 Å². The Labute approximate surface area is 187 Å². The molecule has 0 amide bonds. The molecule has 0 fully saturated rings. The van der Waals surface area contributed by atoms with Crippen molar-refractivity contribution in [3.63, 3.8) is 0 Å². The second-order valence-corrected chi connectivity index (χ2v) is 7.87. The molecule has 32 heavy (non-hydrogen) atoms. The molecule has 1 aromatic rings. The van der Waals surface area contributed by atoms with Crippen LogP contribution in [-0.4, -0.2) is 45.7 Å². The molecule has 0 bridgehead atoms. The first-order valence-corrected chi connectivity index (χ1v) is 10.5. The van der Waals surface area contributed by atoms with Gasteiger partial charge in [0.05, 0.1) is 33.5 Å². The molecule has 0 saturated heterocycles. The number of hydrogen-bond acceptors (Lipinski definition) is 8. The van der Waals surface area contributed by atoms with E-state index < -0.39 is 23.8 Å². The van der Waals surface area contributed by atoms with Gasteiger partial charge in [-0.2, -0.15) is 0 Å². The third kappa shape index (κ3) is 3.97. The lowest BCUT2D eigenvalue weighted by Crippen LogP contribution is -2.43. The summed E-state index contributed by atoms with van der Waals surface area (Å²) in [6.45, 7) is 5.54. The van der Waals surface area contributed by atoms with Crippen molar-refractivity contribution in [2.24, 2.45) is 11.8 Å². The van der Waals surface area contributed by atoms with E-state index in [1.54, 1.807) is 32.0 Å². The van der Waals surface area contributed by atoms with E-state index in [9.17, 15) is 14.4 Å². The number of ether oxygens (including phenoxy) is 4. The lowest BCUT2D eigenvalue weighted by atomic mass is 9.69. The molecular formula is C24H29NO7. The quantitative estimate of drug-likeness (QED) is 0.529. The van der Waals surface area contributed by atoms with E-state index in [4.69, 9.17) is 18.9 Å². The van der Waals surface area contributed by atoms with Crippen molar-refractivity contribution in [1.82, 2.24) is 5.32 Å². The molecule has 1 heterocycles. The third-order valence-electron chi connectivity index (χ3n) is 5.98. The molecule has 8 nitrogen and oxygen atoms in total. The number of ketones is 1. The zero-order valence-corrected chi connectivity index (χ0v) is 19.2. The van der Waals surface area contributed by atoms with E-state index in [0.717, 1.165) is 0 Å². The van der Waals surface area contributed by atoms with Crippen molar-refractivity contribution in [2.45, 2.75) is 33.1 Å². The second-order valence-electron chi connectivity index (χ2n) is 7.87. The van der Waals surface area contributed by atoms with Crippen LogP contribution >= 0.6 is 0 Å². The van der Waals surface area contributed by atoms with Crippen molar-refractivity contribution in [3.8, 4) is 11.5 Å². The van der Waals surface area contributed by atoms with E-state index in [-0.39, 0.29) is 18.3 Å². The smallest absolute Gasteiger partial charge is 0.336 e. The topological polar surface area (TPSA) is 100 Å². The molecule has 3 unspecified atom stereocenters. The highest BCUT2D eigenvalue weighted by atomic mass is 16.5. The first-order valence-electron chi connectivity index (χ1n) is 10.5. The number of methoxy groups -OCH3 is 3. The molecule has 0 radical (unpaired) electrons. The molecular weight excluding hydrogens is 414 g/mol. The second kappa shape index (κ2) is 9.46. The van der Waals surface area contributed by atoms with Crippen LogP contribution in [-0.2, 0) is 23.9 Å². The number of carbonyl (C=O) groups excluding carboxylic acids is 3. The lowest BCUT2D eigenvalue weighted by Gasteiger charge is -2.38. The highest BCUT2D eigenvalue weighted by Crippen LogP contribution is 2.46. The summed E-state index contributed by atoms with van der Waals surface area (Å²) in [5.74, 6) is -2.38. The number of esters is 2. The van der Waals surface area contributed by atoms with E-state index >= 15 is 0 Å². The Morgan fingerprint density at radius 3 is 2.41 bits per heavy atom. The zero-order valence-electron chi connectivity index (χ0n) is 19.2. The molecule has 1 aliphatic carbocycles. The zero-order chi connectivity index (χ0) is 23.6. The standard InChI is InChI=1S/C24H29NO7/c1-7-32-24(28)19-13(3)25-15-10-12(2)18(23(27)31-6)22(26)21(15)20(19)14-8-9-16(29-4)17(11-14)30-5/h8-9,11-12,18,20,25H,7,10H2,1-6H3. The van der Waals surface area contributed by atoms with Gasteiger partial charge in [0.1, 0.15) is 5.92 Å². The van der Waals surface area contributed by atoms with Crippen LogP contribution in [0.4, 0.5) is 0 Å². The van der Waals surface area contributed by atoms with Gasteiger partial charge in [-0.1, -0.05) is 13.0 Å². The summed E-state index contributed by atoms with van der Waals surface area (Å²) in [6, 6.07) is 5.25. The molecule has 3 atom stereocenters. The average molecular weight is 443 g/mol. The number of dihydropyridines is 1. The summed E-state index contributed by atoms with van der Waals surface area (Å²) in [5.41, 5.74) is 2.67. The van der Waals surface area contributed by atoms with Gasteiger partial charge in [0.25, 0.3) is 0 Å². The Kier molecular flexibility index (Phi) is 6.91. The van der Waals surface area contributed by atoms with Crippen molar-refractivity contribution < 1.29 is 33.3 Å². The molecule has 3 rings (SSSR count). The van der Waals surface area contributed by atoms with Crippen LogP contribution in [0.3, 0.4) is 0 Å². The summed E-state index contributed by atoms with van der Waals surface area (Å²) in [7, 11) is 4.32. The number of nitrogens with one attached hydrogen (secondary N) is 1. The van der Waals surface area contributed by atoms with Gasteiger partial charge in [-0.3, -0.25) is 9.59 Å². The Bertz CT molecular complexity index is 1010. The van der Waals surface area contributed by atoms with Gasteiger partial charge in [0.2, 0.25) is 0 Å². The largest absolute Gasteiger partial charge is 0.493 e. The van der Waals surface area contributed by atoms with Crippen LogP contribution in [0.1, 0.15) is 38.7 Å². The predicted molar refractivity (Wildman–Crippen MR) is 116 cm³/mol. The van der Waals surface area contributed by atoms with Crippen LogP contribution in [0.15, 0.2) is 40.7 Å². The van der Waals surface area contributed by atoms with E-state index in [2.05, 4.69) is 5.32 Å². The molecule has 2 aliphatic rings. The van der Waals surface area contributed by atoms with Crippen LogP contribution in [0.25, 0.3) is 0 Å². The van der Waals surface area contributed by atoms with Gasteiger partial charge in [-0.05, 0) is 43.9 Å². The minimum atomic E-state index is -0.940. The van der Waals surface area contributed by atoms with Crippen molar-refractivity contribution >= 4 is 17.7 Å². The minimum absolute atomic E-state index is 0.190. The fourth-order valence-electron chi connectivity index (χ4n) is 4.53. The third-order valence-corrected chi connectivity index (χ3v) is 5.98. The van der Waals surface area contributed by atoms with Gasteiger partial charge < -0.3 is 24.3 Å². The van der Waals surface area contributed by atoms with Gasteiger partial charge in [-0.15, -0.1) is 0 Å². The molecule has 0 aromatic heterocycles. The van der Waals surface area contributed by atoms with E-state index in [1.165, 1.54) is 21.3 Å². The Balaban J connectivity index is 2.23. The van der Waals surface area contributed by atoms with Crippen molar-refractivity contribution in [2.75, 3.05) is 27.9 Å². The molecule has 0 saturated carbocycles. The van der Waals surface area contributed by atoms with Gasteiger partial charge in [0, 0.05) is 22.9 Å². The number of allylic oxidation sites excluding steroid dienone is 3. The van der Waals surface area contributed by atoms with Crippen LogP contribution in [0, 0.1) is 11.8 Å². The number of benzene rings is 1. The average Bonchev–Trinajstić information content (AvgIpc) is 2.77. The van der Waals surface area contributed by atoms with Crippen molar-refractivity contribution in [1.29, 1.82) is 0 Å². The summed E-state index contributed by atoms with van der Waals surface area (Å²) in [5, 5.41) is 3.23. The van der Waals surface area contributed by atoms with Crippen LogP contribution in [0.5, 0.6) is 11.5 Å². The normalized spacial score (nSPS) is 22.7. The first kappa shape index (κ1) is 23.4. The first-order chi connectivity index (χ1) is 15.3. The van der Waals surface area contributed by atoms with Gasteiger partial charge >= 0.3 is 11.9 Å². The van der Waals surface area contributed by atoms with Gasteiger partial charge in [-0.25, -0.2) is 4.79 Å². The SMILES string of the molecule is CCOC(=O)C1=C(C)NC2=C(C(=O)C(C(=O)OC)C(C)C2)C1c1ccc(OC)c(OC)c1. The molecule has 1 aromatic carbocycles. The summed E-state index contributed by atoms with van der Waals surface area (Å²) in [4.78, 5) is 39.1. The van der Waals surface area contributed by atoms with Crippen molar-refractivity contribution in [3.05, 3.63) is 46.3 Å². The Hall–Kier alpha value is -3.29. The number of carbonyl (C=O) groups is 3. The summed E-state index contributed by atoms with van der Waals surface area (Å²) >= 11 is 0. The minimum Gasteiger partial charge on any atom is -0.493 e. The van der Waals surface area contributed by atoms with Gasteiger partial charge in [0.15, 0.2) is 17.3 Å². The Morgan fingerprint density at radius 2 is 1.81 bits per heavy atom. The highest BCUT2D eigenvalue weighted by Gasteiger charge is 2.47. The summed E-state index contributed by atoms with van der Waals surface area (Å²) in [6.07, 6.45) is 0.470. The Morgan fingerprint density at radius 1 is 1.12 bits per heavy atom. The molecule has 1 N–H and O–H groups in total. The fraction of sp³-hybridized carbons (Fsp3) is 0.458. The lowest BCUT2D eigenvalue weighted by molar-refractivity contribution is -0.151. The molecule has 0 spiro atoms. The van der Waals surface area contributed by atoms with E-state index in [0.29, 0.717) is 46.0 Å². The predicted octanol–water partition coefficient (Wildman–Crippen LogP) is 2.88. The monoisotopic (exact) mass is 443 g/mol. The fourth-order valence-corrected chi connectivity index (χ4v) is 4.53. The van der Waals surface area contributed by atoms with E-state index in [1.807, 2.05) is 6.92 Å². The summed E-state index contributed by atoms with van der Waals surface area (Å²) < 4.78 is 21.0. The maximum Gasteiger partial charge on any atom is 0.336 e. The number of Topliss-reactive ketones (excluding diaryl/α,β-unsaturated/α-hetero) is 1. The maximum atomic E-state index is 13.6. The molecule has 8 heteroatoms. The highest BCUT2D eigenvalue weighted by molar-refractivity contribution is 6.12. The molecule has 1 aliphatic heterocycles.